The number of halogens is 1. The van der Waals surface area contributed by atoms with Gasteiger partial charge in [-0.2, -0.15) is 4.72 Å². The largest absolute Gasteiger partial charge is 0.439 e. The van der Waals surface area contributed by atoms with Crippen molar-refractivity contribution < 1.29 is 32.3 Å². The first kappa shape index (κ1) is 20.1. The number of amides is 1. The van der Waals surface area contributed by atoms with Crippen LogP contribution in [0.5, 0.6) is 11.6 Å². The minimum atomic E-state index is -4.07. The van der Waals surface area contributed by atoms with Crippen molar-refractivity contribution in [2.45, 2.75) is 23.3 Å². The molecule has 1 aliphatic rings. The Hall–Kier alpha value is -2.60. The fraction of sp³-hybridized carbons (Fsp3) is 0.294. The van der Waals surface area contributed by atoms with Crippen LogP contribution in [0.4, 0.5) is 4.39 Å². The van der Waals surface area contributed by atoms with Crippen LogP contribution < -0.4 is 14.9 Å². The van der Waals surface area contributed by atoms with Crippen LogP contribution in [-0.2, 0) is 19.6 Å². The first-order valence-corrected chi connectivity index (χ1v) is 9.79. The number of hydrogen-bond donors (Lipinski definition) is 3. The van der Waals surface area contributed by atoms with Gasteiger partial charge in [0.2, 0.25) is 15.9 Å². The molecule has 28 heavy (non-hydrogen) atoms. The smallest absolute Gasteiger partial charge is 0.264 e. The lowest BCUT2D eigenvalue weighted by molar-refractivity contribution is -0.139. The Kier molecular flexibility index (Phi) is 5.89. The van der Waals surface area contributed by atoms with Crippen LogP contribution in [0.3, 0.4) is 0 Å². The van der Waals surface area contributed by atoms with Gasteiger partial charge in [0.1, 0.15) is 17.1 Å². The highest BCUT2D eigenvalue weighted by atomic mass is 32.2. The minimum absolute atomic E-state index is 0.0794. The standard InChI is InChI=1S/C17H18FN3O6S/c18-12-1-6-15(19-11-12)27-13-2-4-14(5-3-13)28(24,25)21-17(16(22)20-23)7-9-26-10-8-17/h1-6,11,21,23H,7-10H2,(H,20,22). The first-order chi connectivity index (χ1) is 13.3. The SMILES string of the molecule is O=C(NO)C1(NS(=O)(=O)c2ccc(Oc3ccc(F)cn3)cc2)CCOCC1. The number of carbonyl (C=O) groups is 1. The second-order valence-corrected chi connectivity index (χ2v) is 7.81. The lowest BCUT2D eigenvalue weighted by Gasteiger charge is -2.35. The highest BCUT2D eigenvalue weighted by Gasteiger charge is 2.43. The number of aromatic nitrogens is 1. The highest BCUT2D eigenvalue weighted by Crippen LogP contribution is 2.26. The number of sulfonamides is 1. The van der Waals surface area contributed by atoms with E-state index in [2.05, 4.69) is 9.71 Å². The Morgan fingerprint density at radius 2 is 1.86 bits per heavy atom. The number of pyridine rings is 1. The molecule has 2 aromatic rings. The molecule has 9 nitrogen and oxygen atoms in total. The van der Waals surface area contributed by atoms with E-state index >= 15 is 0 Å². The zero-order valence-corrected chi connectivity index (χ0v) is 15.4. The van der Waals surface area contributed by atoms with E-state index in [1.807, 2.05) is 0 Å². The van der Waals surface area contributed by atoms with Gasteiger partial charge in [0.25, 0.3) is 5.91 Å². The van der Waals surface area contributed by atoms with Crippen molar-refractivity contribution in [3.8, 4) is 11.6 Å². The minimum Gasteiger partial charge on any atom is -0.439 e. The molecule has 1 aliphatic heterocycles. The number of nitrogens with zero attached hydrogens (tertiary/aromatic N) is 1. The Morgan fingerprint density at radius 1 is 1.18 bits per heavy atom. The number of hydroxylamine groups is 1. The van der Waals surface area contributed by atoms with Gasteiger partial charge in [-0.3, -0.25) is 10.0 Å². The van der Waals surface area contributed by atoms with Crippen molar-refractivity contribution in [2.24, 2.45) is 0 Å². The molecule has 150 valence electrons. The summed E-state index contributed by atoms with van der Waals surface area (Å²) in [6, 6.07) is 7.93. The molecule has 3 N–H and O–H groups in total. The summed E-state index contributed by atoms with van der Waals surface area (Å²) in [7, 11) is -4.07. The van der Waals surface area contributed by atoms with Gasteiger partial charge in [0, 0.05) is 19.3 Å². The fourth-order valence-electron chi connectivity index (χ4n) is 2.75. The lowest BCUT2D eigenvalue weighted by Crippen LogP contribution is -2.60. The average Bonchev–Trinajstić information content (AvgIpc) is 2.70. The molecule has 0 spiro atoms. The van der Waals surface area contributed by atoms with Gasteiger partial charge in [-0.05, 0) is 43.2 Å². The predicted octanol–water partition coefficient (Wildman–Crippen LogP) is 1.35. The summed E-state index contributed by atoms with van der Waals surface area (Å²) in [5.41, 5.74) is 0.0139. The molecule has 1 amide bonds. The molecule has 0 atom stereocenters. The van der Waals surface area contributed by atoms with Crippen LogP contribution in [0, 0.1) is 5.82 Å². The number of ether oxygens (including phenoxy) is 2. The van der Waals surface area contributed by atoms with Crippen LogP contribution in [0.15, 0.2) is 47.5 Å². The summed E-state index contributed by atoms with van der Waals surface area (Å²) in [5.74, 6) is -0.904. The maximum absolute atomic E-state index is 12.9. The summed E-state index contributed by atoms with van der Waals surface area (Å²) in [5, 5.41) is 8.99. The van der Waals surface area contributed by atoms with E-state index in [0.717, 1.165) is 6.20 Å². The van der Waals surface area contributed by atoms with Crippen LogP contribution in [0.2, 0.25) is 0 Å². The number of nitrogens with one attached hydrogen (secondary N) is 2. The van der Waals surface area contributed by atoms with Gasteiger partial charge in [-0.15, -0.1) is 0 Å². The van der Waals surface area contributed by atoms with Crippen molar-refractivity contribution in [1.82, 2.24) is 15.2 Å². The Balaban J connectivity index is 1.77. The van der Waals surface area contributed by atoms with Gasteiger partial charge >= 0.3 is 0 Å². The fourth-order valence-corrected chi connectivity index (χ4v) is 4.17. The van der Waals surface area contributed by atoms with E-state index in [4.69, 9.17) is 14.7 Å². The molecule has 1 aromatic carbocycles. The Bertz CT molecular complexity index is 928. The van der Waals surface area contributed by atoms with E-state index < -0.39 is 27.3 Å². The van der Waals surface area contributed by atoms with Gasteiger partial charge in [-0.25, -0.2) is 23.3 Å². The molecule has 0 unspecified atom stereocenters. The third-order valence-corrected chi connectivity index (χ3v) is 5.82. The number of benzene rings is 1. The monoisotopic (exact) mass is 411 g/mol. The van der Waals surface area contributed by atoms with Crippen LogP contribution in [0.1, 0.15) is 12.8 Å². The predicted molar refractivity (Wildman–Crippen MR) is 93.7 cm³/mol. The number of carbonyl (C=O) groups excluding carboxylic acids is 1. The molecule has 0 bridgehead atoms. The summed E-state index contributed by atoms with van der Waals surface area (Å²) in [4.78, 5) is 15.7. The van der Waals surface area contributed by atoms with Crippen LogP contribution in [0.25, 0.3) is 0 Å². The molecule has 3 rings (SSSR count). The molecular formula is C17H18FN3O6S. The molecule has 0 aliphatic carbocycles. The van der Waals surface area contributed by atoms with Crippen molar-refractivity contribution in [3.05, 3.63) is 48.4 Å². The van der Waals surface area contributed by atoms with Crippen LogP contribution in [-0.4, -0.2) is 43.3 Å². The second-order valence-electron chi connectivity index (χ2n) is 6.13. The van der Waals surface area contributed by atoms with Gasteiger partial charge in [0.15, 0.2) is 0 Å². The van der Waals surface area contributed by atoms with E-state index in [9.17, 15) is 17.6 Å². The molecule has 0 saturated carbocycles. The third kappa shape index (κ3) is 4.44. The average molecular weight is 411 g/mol. The van der Waals surface area contributed by atoms with E-state index in [1.165, 1.54) is 41.9 Å². The molecular weight excluding hydrogens is 393 g/mol. The number of hydrogen-bond acceptors (Lipinski definition) is 7. The summed E-state index contributed by atoms with van der Waals surface area (Å²) >= 11 is 0. The Labute approximate surface area is 160 Å². The van der Waals surface area contributed by atoms with Gasteiger partial charge in [-0.1, -0.05) is 0 Å². The second kappa shape index (κ2) is 8.19. The van der Waals surface area contributed by atoms with E-state index in [-0.39, 0.29) is 36.8 Å². The molecule has 1 aromatic heterocycles. The zero-order chi connectivity index (χ0) is 20.2. The molecule has 11 heteroatoms. The van der Waals surface area contributed by atoms with Gasteiger partial charge in [0.05, 0.1) is 11.1 Å². The normalized spacial score (nSPS) is 16.4. The topological polar surface area (TPSA) is 127 Å². The van der Waals surface area contributed by atoms with E-state index in [1.54, 1.807) is 0 Å². The molecule has 2 heterocycles. The Morgan fingerprint density at radius 3 is 2.43 bits per heavy atom. The van der Waals surface area contributed by atoms with Crippen LogP contribution >= 0.6 is 0 Å². The highest BCUT2D eigenvalue weighted by molar-refractivity contribution is 7.89. The van der Waals surface area contributed by atoms with E-state index in [0.29, 0.717) is 5.75 Å². The summed E-state index contributed by atoms with van der Waals surface area (Å²) in [6.07, 6.45) is 1.16. The maximum Gasteiger partial charge on any atom is 0.264 e. The summed E-state index contributed by atoms with van der Waals surface area (Å²) in [6.45, 7) is 0.348. The number of rotatable bonds is 6. The van der Waals surface area contributed by atoms with Crippen molar-refractivity contribution in [2.75, 3.05) is 13.2 Å². The van der Waals surface area contributed by atoms with Gasteiger partial charge < -0.3 is 9.47 Å². The lowest BCUT2D eigenvalue weighted by atomic mass is 9.91. The first-order valence-electron chi connectivity index (χ1n) is 8.30. The van der Waals surface area contributed by atoms with Crippen molar-refractivity contribution in [3.63, 3.8) is 0 Å². The van der Waals surface area contributed by atoms with Crippen molar-refractivity contribution >= 4 is 15.9 Å². The zero-order valence-electron chi connectivity index (χ0n) is 14.6. The quantitative estimate of drug-likeness (QED) is 0.484. The molecule has 0 radical (unpaired) electrons. The molecule has 1 saturated heterocycles. The van der Waals surface area contributed by atoms with Crippen molar-refractivity contribution in [1.29, 1.82) is 0 Å². The maximum atomic E-state index is 12.9. The molecule has 1 fully saturated rings. The third-order valence-electron chi connectivity index (χ3n) is 4.27. The summed E-state index contributed by atoms with van der Waals surface area (Å²) < 4.78 is 51.3.